The zero-order valence-corrected chi connectivity index (χ0v) is 21.2. The Labute approximate surface area is 206 Å². The van der Waals surface area contributed by atoms with E-state index in [-0.39, 0.29) is 18.3 Å². The Bertz CT molecular complexity index is 712. The van der Waals surface area contributed by atoms with Crippen LogP contribution in [-0.2, 0) is 9.53 Å². The first-order valence-electron chi connectivity index (χ1n) is 13.4. The molecule has 190 valence electrons. The molecule has 5 heteroatoms. The number of allylic oxidation sites excluding steroid dienone is 2. The van der Waals surface area contributed by atoms with Gasteiger partial charge in [-0.05, 0) is 12.0 Å². The minimum Gasteiger partial charge on any atom is -0.454 e. The van der Waals surface area contributed by atoms with E-state index in [0.29, 0.717) is 6.42 Å². The Balaban J connectivity index is 2.00. The Morgan fingerprint density at radius 2 is 1.32 bits per heavy atom. The maximum Gasteiger partial charge on any atom is 0.306 e. The molecule has 0 aromatic heterocycles. The predicted molar refractivity (Wildman–Crippen MR) is 141 cm³/mol. The molecule has 0 heterocycles. The molecular formula is C29H45NO4. The fourth-order valence-electron chi connectivity index (χ4n) is 3.86. The summed E-state index contributed by atoms with van der Waals surface area (Å²) >= 11 is 0. The van der Waals surface area contributed by atoms with Gasteiger partial charge in [-0.25, -0.2) is 0 Å². The number of carbonyl (C=O) groups excluding carboxylic acids is 1. The Morgan fingerprint density at radius 3 is 1.82 bits per heavy atom. The maximum absolute atomic E-state index is 11.9. The number of nitrogens with zero attached hydrogens (tertiary/aromatic N) is 1. The van der Waals surface area contributed by atoms with Crippen LogP contribution in [0.4, 0.5) is 0 Å². The fraction of sp³-hybridized carbons (Fsp3) is 0.621. The van der Waals surface area contributed by atoms with Crippen LogP contribution >= 0.6 is 0 Å². The van der Waals surface area contributed by atoms with Gasteiger partial charge in [-0.1, -0.05) is 139 Å². The van der Waals surface area contributed by atoms with Crippen LogP contribution in [-0.4, -0.2) is 17.5 Å². The van der Waals surface area contributed by atoms with E-state index in [1.165, 1.54) is 83.1 Å². The third-order valence-corrected chi connectivity index (χ3v) is 5.98. The number of hydrogen-bond acceptors (Lipinski definition) is 4. The number of benzene rings is 1. The lowest BCUT2D eigenvalue weighted by molar-refractivity contribution is -0.429. The minimum atomic E-state index is -0.504. The topological polar surface area (TPSA) is 69.4 Å². The number of esters is 1. The van der Waals surface area contributed by atoms with Crippen molar-refractivity contribution in [1.82, 2.24) is 0 Å². The van der Waals surface area contributed by atoms with Gasteiger partial charge < -0.3 is 4.74 Å². The molecule has 1 aromatic carbocycles. The van der Waals surface area contributed by atoms with Gasteiger partial charge in [-0.3, -0.25) is 14.9 Å². The third-order valence-electron chi connectivity index (χ3n) is 5.98. The van der Waals surface area contributed by atoms with Crippen LogP contribution in [0.3, 0.4) is 0 Å². The van der Waals surface area contributed by atoms with Crippen LogP contribution in [0.25, 0.3) is 6.08 Å². The summed E-state index contributed by atoms with van der Waals surface area (Å²) in [6.07, 6.45) is 24.2. The second-order valence-electron chi connectivity index (χ2n) is 9.05. The van der Waals surface area contributed by atoms with E-state index in [9.17, 15) is 14.9 Å². The lowest BCUT2D eigenvalue weighted by Crippen LogP contribution is -2.12. The van der Waals surface area contributed by atoms with Crippen molar-refractivity contribution in [1.29, 1.82) is 0 Å². The van der Waals surface area contributed by atoms with Crippen molar-refractivity contribution in [2.45, 2.75) is 110 Å². The molecule has 0 amide bonds. The van der Waals surface area contributed by atoms with Gasteiger partial charge in [0.1, 0.15) is 0 Å². The van der Waals surface area contributed by atoms with Crippen LogP contribution in [0.15, 0.2) is 48.2 Å². The molecule has 1 rings (SSSR count). The number of unbranched alkanes of at least 4 members (excludes halogenated alkanes) is 14. The van der Waals surface area contributed by atoms with E-state index < -0.39 is 4.92 Å². The summed E-state index contributed by atoms with van der Waals surface area (Å²) in [5.41, 5.74) is 0.823. The van der Waals surface area contributed by atoms with Gasteiger partial charge in [0.2, 0.25) is 0 Å². The lowest BCUT2D eigenvalue weighted by Gasteiger charge is -2.04. The number of nitro groups is 1. The Morgan fingerprint density at radius 1 is 0.824 bits per heavy atom. The highest BCUT2D eigenvalue weighted by molar-refractivity contribution is 5.69. The van der Waals surface area contributed by atoms with Crippen molar-refractivity contribution in [2.75, 3.05) is 6.61 Å². The first kappa shape index (κ1) is 29.6. The molecule has 0 aliphatic heterocycles. The summed E-state index contributed by atoms with van der Waals surface area (Å²) in [6, 6.07) is 9.53. The average molecular weight is 472 g/mol. The van der Waals surface area contributed by atoms with E-state index in [4.69, 9.17) is 4.74 Å². The molecule has 0 unspecified atom stereocenters. The molecule has 0 radical (unpaired) electrons. The summed E-state index contributed by atoms with van der Waals surface area (Å²) in [6.45, 7) is 1.96. The van der Waals surface area contributed by atoms with E-state index in [1.54, 1.807) is 12.2 Å². The van der Waals surface area contributed by atoms with Gasteiger partial charge in [0.25, 0.3) is 5.70 Å². The largest absolute Gasteiger partial charge is 0.454 e. The lowest BCUT2D eigenvalue weighted by atomic mass is 10.0. The van der Waals surface area contributed by atoms with Gasteiger partial charge >= 0.3 is 5.97 Å². The van der Waals surface area contributed by atoms with E-state index in [1.807, 2.05) is 30.3 Å². The van der Waals surface area contributed by atoms with Gasteiger partial charge in [0.05, 0.1) is 4.92 Å². The van der Waals surface area contributed by atoms with Crippen LogP contribution in [0.5, 0.6) is 0 Å². The standard InChI is InChI=1S/C29H45NO4/c1-2-3-4-5-6-7-8-9-10-11-12-13-14-15-19-25-29(31)34-26-28(30(32)33)24-20-23-27-21-17-16-18-22-27/h16-18,20-24H,2-15,19,25-26H2,1H3. The second kappa shape index (κ2) is 21.1. The Hall–Kier alpha value is -2.43. The molecule has 0 bridgehead atoms. The van der Waals surface area contributed by atoms with E-state index in [2.05, 4.69) is 6.92 Å². The molecular weight excluding hydrogens is 426 g/mol. The molecule has 0 aliphatic carbocycles. The molecule has 0 saturated heterocycles. The SMILES string of the molecule is CCCCCCCCCCCCCCCCCC(=O)OCC(=CC=Cc1ccccc1)[N+](=O)[O-]. The van der Waals surface area contributed by atoms with Crippen LogP contribution in [0, 0.1) is 10.1 Å². The monoisotopic (exact) mass is 471 g/mol. The van der Waals surface area contributed by atoms with Gasteiger partial charge in [0, 0.05) is 12.5 Å². The summed E-state index contributed by atoms with van der Waals surface area (Å²) in [5, 5.41) is 11.2. The van der Waals surface area contributed by atoms with Crippen molar-refractivity contribution in [3.05, 3.63) is 63.9 Å². The highest BCUT2D eigenvalue weighted by Gasteiger charge is 2.13. The van der Waals surface area contributed by atoms with Crippen molar-refractivity contribution < 1.29 is 14.5 Å². The summed E-state index contributed by atoms with van der Waals surface area (Å²) in [4.78, 5) is 22.6. The van der Waals surface area contributed by atoms with E-state index in [0.717, 1.165) is 24.8 Å². The van der Waals surface area contributed by atoms with Crippen molar-refractivity contribution >= 4 is 12.0 Å². The molecule has 0 fully saturated rings. The zero-order chi connectivity index (χ0) is 24.7. The molecule has 0 saturated carbocycles. The first-order valence-corrected chi connectivity index (χ1v) is 13.4. The number of carbonyl (C=O) groups is 1. The van der Waals surface area contributed by atoms with Crippen molar-refractivity contribution in [3.8, 4) is 0 Å². The zero-order valence-electron chi connectivity index (χ0n) is 21.2. The summed E-state index contributed by atoms with van der Waals surface area (Å²) < 4.78 is 5.10. The molecule has 5 nitrogen and oxygen atoms in total. The molecule has 0 aliphatic rings. The van der Waals surface area contributed by atoms with Crippen LogP contribution in [0.1, 0.15) is 115 Å². The highest BCUT2D eigenvalue weighted by atomic mass is 16.6. The molecule has 0 spiro atoms. The highest BCUT2D eigenvalue weighted by Crippen LogP contribution is 2.14. The average Bonchev–Trinajstić information content (AvgIpc) is 2.84. The number of hydrogen-bond donors (Lipinski definition) is 0. The van der Waals surface area contributed by atoms with Crippen LogP contribution in [0.2, 0.25) is 0 Å². The summed E-state index contributed by atoms with van der Waals surface area (Å²) in [5.74, 6) is -0.366. The molecule has 0 atom stereocenters. The fourth-order valence-corrected chi connectivity index (χ4v) is 3.86. The van der Waals surface area contributed by atoms with Crippen molar-refractivity contribution in [2.24, 2.45) is 0 Å². The second-order valence-corrected chi connectivity index (χ2v) is 9.05. The quantitative estimate of drug-likeness (QED) is 0.0591. The number of rotatable bonds is 21. The number of ether oxygens (including phenoxy) is 1. The van der Waals surface area contributed by atoms with Crippen LogP contribution < -0.4 is 0 Å². The molecule has 1 aromatic rings. The first-order chi connectivity index (χ1) is 16.6. The van der Waals surface area contributed by atoms with Gasteiger partial charge in [-0.15, -0.1) is 0 Å². The molecule has 0 N–H and O–H groups in total. The van der Waals surface area contributed by atoms with Crippen molar-refractivity contribution in [3.63, 3.8) is 0 Å². The summed E-state index contributed by atoms with van der Waals surface area (Å²) in [7, 11) is 0. The Kier molecular flexibility index (Phi) is 18.4. The maximum atomic E-state index is 11.9. The smallest absolute Gasteiger partial charge is 0.306 e. The third kappa shape index (κ3) is 17.1. The molecule has 34 heavy (non-hydrogen) atoms. The predicted octanol–water partition coefficient (Wildman–Crippen LogP) is 8.67. The van der Waals surface area contributed by atoms with Gasteiger partial charge in [0.15, 0.2) is 6.61 Å². The minimum absolute atomic E-state index is 0.128. The normalized spacial score (nSPS) is 11.7. The van der Waals surface area contributed by atoms with Gasteiger partial charge in [-0.2, -0.15) is 0 Å². The van der Waals surface area contributed by atoms with E-state index >= 15 is 0 Å².